The molecule has 0 amide bonds. The maximum Gasteiger partial charge on any atom is 0.238 e. The Morgan fingerprint density at radius 2 is 1.93 bits per heavy atom. The molecule has 2 N–H and O–H groups in total. The lowest BCUT2D eigenvalue weighted by Gasteiger charge is -2.32. The standard InChI is InChI=1S/C21H24ClN5O2/c1-3-29-19-12-15(11-17(22)20(19)28)14-4-5-18-16(10-14)13-23-21(24-18)25-27-8-6-26(2)7-9-27/h4-5,10-13,28H,3,6-9H2,1-2H3,(H,23,24,25). The van der Waals surface area contributed by atoms with Crippen LogP contribution in [0.2, 0.25) is 5.02 Å². The molecule has 4 rings (SSSR count). The minimum Gasteiger partial charge on any atom is -0.503 e. The SMILES string of the molecule is CCOc1cc(-c2ccc3nc(NN4CCN(C)CC4)ncc3c2)cc(Cl)c1O. The zero-order valence-electron chi connectivity index (χ0n) is 16.5. The number of halogens is 1. The van der Waals surface area contributed by atoms with Crippen LogP contribution in [0.25, 0.3) is 22.0 Å². The monoisotopic (exact) mass is 413 g/mol. The maximum absolute atomic E-state index is 10.1. The highest BCUT2D eigenvalue weighted by atomic mass is 35.5. The Bertz CT molecular complexity index is 1020. The second kappa shape index (κ2) is 8.41. The van der Waals surface area contributed by atoms with Crippen molar-refractivity contribution in [3.63, 3.8) is 0 Å². The molecule has 1 aromatic heterocycles. The van der Waals surface area contributed by atoms with Gasteiger partial charge in [0, 0.05) is 37.8 Å². The van der Waals surface area contributed by atoms with Crippen LogP contribution in [0.4, 0.5) is 5.95 Å². The fourth-order valence-corrected chi connectivity index (χ4v) is 3.54. The molecule has 0 bridgehead atoms. The lowest BCUT2D eigenvalue weighted by Crippen LogP contribution is -2.47. The van der Waals surface area contributed by atoms with E-state index in [1.165, 1.54) is 0 Å². The first-order valence-electron chi connectivity index (χ1n) is 9.66. The van der Waals surface area contributed by atoms with Crippen molar-refractivity contribution in [1.29, 1.82) is 0 Å². The number of benzene rings is 2. The zero-order valence-corrected chi connectivity index (χ0v) is 17.3. The van der Waals surface area contributed by atoms with E-state index in [1.54, 1.807) is 12.1 Å². The van der Waals surface area contributed by atoms with E-state index in [2.05, 4.69) is 32.4 Å². The van der Waals surface area contributed by atoms with Crippen LogP contribution in [-0.4, -0.2) is 64.8 Å². The molecule has 2 aromatic carbocycles. The molecule has 29 heavy (non-hydrogen) atoms. The highest BCUT2D eigenvalue weighted by molar-refractivity contribution is 6.32. The van der Waals surface area contributed by atoms with Gasteiger partial charge in [0.15, 0.2) is 11.5 Å². The second-order valence-corrected chi connectivity index (χ2v) is 7.51. The molecule has 1 fully saturated rings. The summed E-state index contributed by atoms with van der Waals surface area (Å²) in [6.45, 7) is 6.20. The van der Waals surface area contributed by atoms with E-state index in [0.29, 0.717) is 18.3 Å². The summed E-state index contributed by atoms with van der Waals surface area (Å²) >= 11 is 6.17. The van der Waals surface area contributed by atoms with Gasteiger partial charge in [0.05, 0.1) is 17.1 Å². The number of rotatable bonds is 5. The van der Waals surface area contributed by atoms with Crippen LogP contribution in [-0.2, 0) is 0 Å². The van der Waals surface area contributed by atoms with Crippen molar-refractivity contribution in [2.24, 2.45) is 0 Å². The third-order valence-electron chi connectivity index (χ3n) is 5.00. The quantitative estimate of drug-likeness (QED) is 0.661. The number of aromatic hydroxyl groups is 1. The topological polar surface area (TPSA) is 73.8 Å². The molecule has 152 valence electrons. The van der Waals surface area contributed by atoms with Crippen molar-refractivity contribution < 1.29 is 9.84 Å². The van der Waals surface area contributed by atoms with Crippen LogP contribution in [0, 0.1) is 0 Å². The Kier molecular flexibility index (Phi) is 5.71. The fraction of sp³-hybridized carbons (Fsp3) is 0.333. The number of nitrogens with one attached hydrogen (secondary N) is 1. The Labute approximate surface area is 174 Å². The minimum atomic E-state index is -0.0407. The number of hydrogen-bond donors (Lipinski definition) is 2. The summed E-state index contributed by atoms with van der Waals surface area (Å²) in [5, 5.41) is 13.4. The molecule has 7 nitrogen and oxygen atoms in total. The van der Waals surface area contributed by atoms with Crippen LogP contribution in [0.3, 0.4) is 0 Å². The average molecular weight is 414 g/mol. The van der Waals surface area contributed by atoms with E-state index in [9.17, 15) is 5.11 Å². The van der Waals surface area contributed by atoms with E-state index in [-0.39, 0.29) is 10.8 Å². The highest BCUT2D eigenvalue weighted by Gasteiger charge is 2.15. The molecule has 0 radical (unpaired) electrons. The summed E-state index contributed by atoms with van der Waals surface area (Å²) in [6.07, 6.45) is 1.82. The average Bonchev–Trinajstić information content (AvgIpc) is 2.72. The minimum absolute atomic E-state index is 0.0407. The van der Waals surface area contributed by atoms with Gasteiger partial charge in [-0.3, -0.25) is 5.43 Å². The molecule has 1 aliphatic rings. The smallest absolute Gasteiger partial charge is 0.238 e. The lowest BCUT2D eigenvalue weighted by molar-refractivity contribution is 0.178. The molecule has 3 aromatic rings. The molecule has 1 aliphatic heterocycles. The number of hydrazine groups is 1. The normalized spacial score (nSPS) is 15.6. The van der Waals surface area contributed by atoms with E-state index in [1.807, 2.05) is 31.3 Å². The summed E-state index contributed by atoms with van der Waals surface area (Å²) in [5.41, 5.74) is 5.96. The van der Waals surface area contributed by atoms with Gasteiger partial charge in [-0.25, -0.2) is 15.0 Å². The van der Waals surface area contributed by atoms with Crippen LogP contribution in [0.1, 0.15) is 6.92 Å². The number of likely N-dealkylation sites (N-methyl/N-ethyl adjacent to an activating group) is 1. The number of piperazine rings is 1. The van der Waals surface area contributed by atoms with Crippen molar-refractivity contribution >= 4 is 28.5 Å². The maximum atomic E-state index is 10.1. The summed E-state index contributed by atoms with van der Waals surface area (Å²) in [6, 6.07) is 9.46. The van der Waals surface area contributed by atoms with Gasteiger partial charge in [0.2, 0.25) is 5.95 Å². The van der Waals surface area contributed by atoms with Crippen molar-refractivity contribution in [1.82, 2.24) is 19.9 Å². The van der Waals surface area contributed by atoms with Crippen LogP contribution >= 0.6 is 11.6 Å². The number of fused-ring (bicyclic) bond motifs is 1. The van der Waals surface area contributed by atoms with Crippen molar-refractivity contribution in [2.75, 3.05) is 45.3 Å². The molecular formula is C21H24ClN5O2. The van der Waals surface area contributed by atoms with Crippen molar-refractivity contribution in [3.8, 4) is 22.6 Å². The van der Waals surface area contributed by atoms with Gasteiger partial charge in [-0.1, -0.05) is 17.7 Å². The lowest BCUT2D eigenvalue weighted by atomic mass is 10.0. The van der Waals surface area contributed by atoms with Gasteiger partial charge in [-0.15, -0.1) is 0 Å². The molecule has 2 heterocycles. The first kappa shape index (κ1) is 19.7. The molecule has 0 spiro atoms. The second-order valence-electron chi connectivity index (χ2n) is 7.11. The number of aromatic nitrogens is 2. The summed E-state index contributed by atoms with van der Waals surface area (Å²) < 4.78 is 5.49. The molecule has 0 saturated carbocycles. The fourth-order valence-electron chi connectivity index (χ4n) is 3.33. The van der Waals surface area contributed by atoms with Gasteiger partial charge in [-0.2, -0.15) is 0 Å². The Morgan fingerprint density at radius 1 is 1.14 bits per heavy atom. The summed E-state index contributed by atoms with van der Waals surface area (Å²) in [7, 11) is 2.13. The Balaban J connectivity index is 1.59. The largest absolute Gasteiger partial charge is 0.503 e. The summed E-state index contributed by atoms with van der Waals surface area (Å²) in [5.74, 6) is 0.931. The number of ether oxygens (including phenoxy) is 1. The third kappa shape index (κ3) is 4.37. The molecule has 1 saturated heterocycles. The number of phenolic OH excluding ortho intramolecular Hbond substituents is 1. The number of nitrogens with zero attached hydrogens (tertiary/aromatic N) is 4. The first-order valence-corrected chi connectivity index (χ1v) is 10.0. The van der Waals surface area contributed by atoms with E-state index in [0.717, 1.165) is 48.2 Å². The molecule has 0 atom stereocenters. The van der Waals surface area contributed by atoms with Gasteiger partial charge >= 0.3 is 0 Å². The van der Waals surface area contributed by atoms with Gasteiger partial charge in [-0.05, 0) is 49.4 Å². The highest BCUT2D eigenvalue weighted by Crippen LogP contribution is 2.39. The van der Waals surface area contributed by atoms with Crippen LogP contribution < -0.4 is 10.2 Å². The Hall–Kier alpha value is -2.61. The Morgan fingerprint density at radius 3 is 2.69 bits per heavy atom. The summed E-state index contributed by atoms with van der Waals surface area (Å²) in [4.78, 5) is 11.4. The predicted octanol–water partition coefficient (Wildman–Crippen LogP) is 3.63. The van der Waals surface area contributed by atoms with Crippen LogP contribution in [0.15, 0.2) is 36.5 Å². The van der Waals surface area contributed by atoms with Crippen LogP contribution in [0.5, 0.6) is 11.5 Å². The number of phenols is 1. The molecule has 8 heteroatoms. The first-order chi connectivity index (χ1) is 14.0. The van der Waals surface area contributed by atoms with Gasteiger partial charge in [0.25, 0.3) is 0 Å². The number of hydrogen-bond acceptors (Lipinski definition) is 7. The zero-order chi connectivity index (χ0) is 20.4. The molecule has 0 aliphatic carbocycles. The van der Waals surface area contributed by atoms with Gasteiger partial charge in [0.1, 0.15) is 0 Å². The van der Waals surface area contributed by atoms with Crippen molar-refractivity contribution in [2.45, 2.75) is 6.92 Å². The van der Waals surface area contributed by atoms with E-state index >= 15 is 0 Å². The van der Waals surface area contributed by atoms with E-state index < -0.39 is 0 Å². The third-order valence-corrected chi connectivity index (χ3v) is 5.29. The molecular weight excluding hydrogens is 390 g/mol. The molecule has 0 unspecified atom stereocenters. The van der Waals surface area contributed by atoms with Crippen molar-refractivity contribution in [3.05, 3.63) is 41.6 Å². The predicted molar refractivity (Wildman–Crippen MR) is 116 cm³/mol. The van der Waals surface area contributed by atoms with E-state index in [4.69, 9.17) is 16.3 Å². The van der Waals surface area contributed by atoms with Gasteiger partial charge < -0.3 is 14.7 Å². The number of anilines is 1.